The van der Waals surface area contributed by atoms with Crippen molar-refractivity contribution in [1.82, 2.24) is 10.3 Å². The number of sulfone groups is 1. The van der Waals surface area contributed by atoms with E-state index in [0.29, 0.717) is 6.42 Å². The molecule has 1 heterocycles. The van der Waals surface area contributed by atoms with Crippen molar-refractivity contribution in [2.24, 2.45) is 0 Å². The number of nitrogens with zero attached hydrogens (tertiary/aromatic N) is 1. The highest BCUT2D eigenvalue weighted by atomic mass is 32.2. The number of pyridine rings is 1. The molecule has 4 nitrogen and oxygen atoms in total. The molecule has 20 heavy (non-hydrogen) atoms. The molecule has 0 saturated carbocycles. The van der Waals surface area contributed by atoms with E-state index in [-0.39, 0.29) is 17.5 Å². The van der Waals surface area contributed by atoms with E-state index in [1.807, 2.05) is 12.3 Å². The maximum Gasteiger partial charge on any atom is 0.150 e. The lowest BCUT2D eigenvalue weighted by Crippen LogP contribution is -2.24. The number of hydrogen-bond donors (Lipinski definition) is 1. The third-order valence-corrected chi connectivity index (χ3v) is 5.27. The Morgan fingerprint density at radius 2 is 2.05 bits per heavy atom. The minimum Gasteiger partial charge on any atom is -0.309 e. The number of aromatic nitrogens is 1. The van der Waals surface area contributed by atoms with E-state index in [1.165, 1.54) is 5.56 Å². The SMILES string of the molecule is CCNC(CCCS(=O)(=O)CC)c1ncccc1CC. The summed E-state index contributed by atoms with van der Waals surface area (Å²) in [4.78, 5) is 4.49. The predicted octanol–water partition coefficient (Wildman–Crippen LogP) is 2.51. The van der Waals surface area contributed by atoms with Gasteiger partial charge in [0.15, 0.2) is 0 Å². The molecule has 0 radical (unpaired) electrons. The van der Waals surface area contributed by atoms with Gasteiger partial charge in [0.05, 0.1) is 11.4 Å². The van der Waals surface area contributed by atoms with Crippen LogP contribution in [-0.2, 0) is 16.3 Å². The van der Waals surface area contributed by atoms with E-state index in [9.17, 15) is 8.42 Å². The average Bonchev–Trinajstić information content (AvgIpc) is 2.46. The number of aryl methyl sites for hydroxylation is 1. The Kier molecular flexibility index (Phi) is 7.16. The molecule has 1 atom stereocenters. The Morgan fingerprint density at radius 1 is 1.30 bits per heavy atom. The van der Waals surface area contributed by atoms with Gasteiger partial charge in [-0.25, -0.2) is 8.42 Å². The molecule has 5 heteroatoms. The Balaban J connectivity index is 2.74. The normalized spacial score (nSPS) is 13.3. The third-order valence-electron chi connectivity index (χ3n) is 3.48. The molecule has 0 aliphatic carbocycles. The van der Waals surface area contributed by atoms with E-state index >= 15 is 0 Å². The number of nitrogens with one attached hydrogen (secondary N) is 1. The summed E-state index contributed by atoms with van der Waals surface area (Å²) in [6, 6.07) is 4.19. The van der Waals surface area contributed by atoms with Crippen molar-refractivity contribution >= 4 is 9.84 Å². The van der Waals surface area contributed by atoms with Crippen LogP contribution >= 0.6 is 0 Å². The summed E-state index contributed by atoms with van der Waals surface area (Å²) in [5.74, 6) is 0.488. The van der Waals surface area contributed by atoms with Crippen LogP contribution < -0.4 is 5.32 Å². The topological polar surface area (TPSA) is 59.1 Å². The lowest BCUT2D eigenvalue weighted by Gasteiger charge is -2.19. The molecule has 0 bridgehead atoms. The van der Waals surface area contributed by atoms with Crippen molar-refractivity contribution in [3.8, 4) is 0 Å². The average molecular weight is 298 g/mol. The van der Waals surface area contributed by atoms with Crippen LogP contribution in [0.1, 0.15) is 50.9 Å². The largest absolute Gasteiger partial charge is 0.309 e. The van der Waals surface area contributed by atoms with E-state index in [4.69, 9.17) is 0 Å². The summed E-state index contributed by atoms with van der Waals surface area (Å²) in [5.41, 5.74) is 2.29. The van der Waals surface area contributed by atoms with Gasteiger partial charge in [-0.3, -0.25) is 4.98 Å². The maximum atomic E-state index is 11.6. The molecular formula is C15H26N2O2S. The highest BCUT2D eigenvalue weighted by Crippen LogP contribution is 2.21. The first-order valence-electron chi connectivity index (χ1n) is 7.41. The Morgan fingerprint density at radius 3 is 2.65 bits per heavy atom. The van der Waals surface area contributed by atoms with E-state index in [2.05, 4.69) is 30.2 Å². The molecule has 0 aromatic carbocycles. The van der Waals surface area contributed by atoms with Gasteiger partial charge in [0.1, 0.15) is 9.84 Å². The standard InChI is InChI=1S/C15H26N2O2S/c1-4-13-9-7-11-17-15(13)14(16-5-2)10-8-12-20(18,19)6-3/h7,9,11,14,16H,4-6,8,10,12H2,1-3H3. The molecule has 0 saturated heterocycles. The van der Waals surface area contributed by atoms with E-state index in [1.54, 1.807) is 6.92 Å². The number of rotatable bonds is 9. The summed E-state index contributed by atoms with van der Waals surface area (Å²) >= 11 is 0. The highest BCUT2D eigenvalue weighted by molar-refractivity contribution is 7.91. The third kappa shape index (κ3) is 5.21. The van der Waals surface area contributed by atoms with E-state index in [0.717, 1.165) is 25.1 Å². The molecule has 0 aliphatic heterocycles. The molecule has 1 unspecified atom stereocenters. The summed E-state index contributed by atoms with van der Waals surface area (Å²) < 4.78 is 23.1. The maximum absolute atomic E-state index is 11.6. The molecule has 114 valence electrons. The second-order valence-corrected chi connectivity index (χ2v) is 7.36. The minimum atomic E-state index is -2.88. The molecule has 0 spiro atoms. The van der Waals surface area contributed by atoms with Crippen molar-refractivity contribution in [1.29, 1.82) is 0 Å². The van der Waals surface area contributed by atoms with Crippen LogP contribution in [0.15, 0.2) is 18.3 Å². The first kappa shape index (κ1) is 17.1. The van der Waals surface area contributed by atoms with Crippen LogP contribution in [0.5, 0.6) is 0 Å². The second kappa shape index (κ2) is 8.37. The quantitative estimate of drug-likeness (QED) is 0.761. The summed E-state index contributed by atoms with van der Waals surface area (Å²) in [5, 5.41) is 3.42. The summed E-state index contributed by atoms with van der Waals surface area (Å²) in [6.07, 6.45) is 4.23. The highest BCUT2D eigenvalue weighted by Gasteiger charge is 2.16. The van der Waals surface area contributed by atoms with Gasteiger partial charge in [-0.15, -0.1) is 0 Å². The molecule has 1 N–H and O–H groups in total. The first-order chi connectivity index (χ1) is 9.54. The lowest BCUT2D eigenvalue weighted by molar-refractivity contribution is 0.492. The Bertz CT molecular complexity index is 500. The summed E-state index contributed by atoms with van der Waals surface area (Å²) in [7, 11) is -2.88. The van der Waals surface area contributed by atoms with Gasteiger partial charge in [-0.1, -0.05) is 26.8 Å². The molecule has 0 fully saturated rings. The molecule has 1 aromatic heterocycles. The van der Waals surface area contributed by atoms with Gasteiger partial charge < -0.3 is 5.32 Å². The zero-order chi connectivity index (χ0) is 15.0. The van der Waals surface area contributed by atoms with Gasteiger partial charge in [-0.05, 0) is 37.4 Å². The lowest BCUT2D eigenvalue weighted by atomic mass is 10.0. The van der Waals surface area contributed by atoms with Crippen LogP contribution in [0.3, 0.4) is 0 Å². The van der Waals surface area contributed by atoms with Crippen LogP contribution in [0.4, 0.5) is 0 Å². The van der Waals surface area contributed by atoms with Crippen molar-refractivity contribution in [2.75, 3.05) is 18.1 Å². The second-order valence-electron chi connectivity index (χ2n) is 4.89. The van der Waals surface area contributed by atoms with Crippen molar-refractivity contribution in [3.05, 3.63) is 29.6 Å². The fraction of sp³-hybridized carbons (Fsp3) is 0.667. The van der Waals surface area contributed by atoms with E-state index < -0.39 is 9.84 Å². The van der Waals surface area contributed by atoms with Crippen molar-refractivity contribution in [3.63, 3.8) is 0 Å². The first-order valence-corrected chi connectivity index (χ1v) is 9.23. The van der Waals surface area contributed by atoms with Gasteiger partial charge >= 0.3 is 0 Å². The fourth-order valence-electron chi connectivity index (χ4n) is 2.30. The minimum absolute atomic E-state index is 0.142. The Labute approximate surface area is 122 Å². The smallest absolute Gasteiger partial charge is 0.150 e. The van der Waals surface area contributed by atoms with Crippen LogP contribution in [-0.4, -0.2) is 31.5 Å². The molecule has 1 aromatic rings. The summed E-state index contributed by atoms with van der Waals surface area (Å²) in [6.45, 7) is 6.73. The zero-order valence-electron chi connectivity index (χ0n) is 12.7. The van der Waals surface area contributed by atoms with Gasteiger partial charge in [0.25, 0.3) is 0 Å². The van der Waals surface area contributed by atoms with Gasteiger partial charge in [0.2, 0.25) is 0 Å². The Hall–Kier alpha value is -0.940. The van der Waals surface area contributed by atoms with Crippen LogP contribution in [0.25, 0.3) is 0 Å². The fourth-order valence-corrected chi connectivity index (χ4v) is 3.19. The van der Waals surface area contributed by atoms with Gasteiger partial charge in [0, 0.05) is 18.0 Å². The zero-order valence-corrected chi connectivity index (χ0v) is 13.5. The van der Waals surface area contributed by atoms with Crippen LogP contribution in [0, 0.1) is 0 Å². The van der Waals surface area contributed by atoms with Crippen LogP contribution in [0.2, 0.25) is 0 Å². The molecule has 0 aliphatic rings. The molecule has 0 amide bonds. The van der Waals surface area contributed by atoms with Crippen molar-refractivity contribution < 1.29 is 8.42 Å². The van der Waals surface area contributed by atoms with Gasteiger partial charge in [-0.2, -0.15) is 0 Å². The monoisotopic (exact) mass is 298 g/mol. The molecular weight excluding hydrogens is 272 g/mol. The molecule has 1 rings (SSSR count). The number of hydrogen-bond acceptors (Lipinski definition) is 4. The predicted molar refractivity (Wildman–Crippen MR) is 83.6 cm³/mol. The van der Waals surface area contributed by atoms with Crippen molar-refractivity contribution in [2.45, 2.75) is 46.1 Å².